The molecule has 162 valence electrons. The molecule has 0 atom stereocenters. The smallest absolute Gasteiger partial charge is 0.338 e. The molecule has 0 heterocycles. The zero-order valence-electron chi connectivity index (χ0n) is 18.4. The van der Waals surface area contributed by atoms with Crippen LogP contribution in [0.5, 0.6) is 0 Å². The van der Waals surface area contributed by atoms with Crippen LogP contribution in [0.25, 0.3) is 0 Å². The number of rotatable bonds is 13. The number of benzene rings is 2. The van der Waals surface area contributed by atoms with E-state index in [1.54, 1.807) is 29.2 Å². The van der Waals surface area contributed by atoms with E-state index in [1.807, 2.05) is 37.3 Å². The van der Waals surface area contributed by atoms with Crippen molar-refractivity contribution in [2.24, 2.45) is 0 Å². The third-order valence-corrected chi connectivity index (χ3v) is 5.24. The Morgan fingerprint density at radius 2 is 1.30 bits per heavy atom. The number of ether oxygens (including phenoxy) is 1. The SMILES string of the molecule is CCCCCCCCCCOC(=O)c1ccccc1C(=O)N(CC)c1ccccc1. The van der Waals surface area contributed by atoms with Crippen molar-refractivity contribution in [3.63, 3.8) is 0 Å². The van der Waals surface area contributed by atoms with Gasteiger partial charge in [0, 0.05) is 12.2 Å². The lowest BCUT2D eigenvalue weighted by atomic mass is 10.1. The first-order valence-corrected chi connectivity index (χ1v) is 11.3. The summed E-state index contributed by atoms with van der Waals surface area (Å²) in [6.07, 6.45) is 9.54. The van der Waals surface area contributed by atoms with Gasteiger partial charge in [-0.1, -0.05) is 82.2 Å². The number of unbranched alkanes of at least 4 members (excludes halogenated alkanes) is 7. The minimum Gasteiger partial charge on any atom is -0.462 e. The average Bonchev–Trinajstić information content (AvgIpc) is 2.79. The fourth-order valence-electron chi connectivity index (χ4n) is 3.52. The van der Waals surface area contributed by atoms with Crippen LogP contribution < -0.4 is 4.90 Å². The highest BCUT2D eigenvalue weighted by molar-refractivity contribution is 6.12. The van der Waals surface area contributed by atoms with Crippen molar-refractivity contribution in [2.75, 3.05) is 18.1 Å². The third kappa shape index (κ3) is 7.33. The highest BCUT2D eigenvalue weighted by atomic mass is 16.5. The molecule has 0 aliphatic heterocycles. The summed E-state index contributed by atoms with van der Waals surface area (Å²) in [5.74, 6) is -0.616. The molecule has 0 N–H and O–H groups in total. The number of esters is 1. The Morgan fingerprint density at radius 3 is 1.93 bits per heavy atom. The molecule has 0 radical (unpaired) electrons. The number of para-hydroxylation sites is 1. The monoisotopic (exact) mass is 409 g/mol. The van der Waals surface area contributed by atoms with Crippen LogP contribution in [0.1, 0.15) is 85.9 Å². The molecule has 0 aliphatic rings. The standard InChI is InChI=1S/C26H35NO3/c1-3-5-6-7-8-9-10-16-21-30-26(29)24-20-15-14-19-23(24)25(28)27(4-2)22-17-12-11-13-18-22/h11-15,17-20H,3-10,16,21H2,1-2H3. The van der Waals surface area contributed by atoms with Gasteiger partial charge in [-0.2, -0.15) is 0 Å². The van der Waals surface area contributed by atoms with Crippen molar-refractivity contribution in [3.05, 3.63) is 65.7 Å². The molecule has 2 rings (SSSR count). The second kappa shape index (κ2) is 13.6. The highest BCUT2D eigenvalue weighted by Crippen LogP contribution is 2.19. The van der Waals surface area contributed by atoms with Crippen molar-refractivity contribution >= 4 is 17.6 Å². The Labute approximate surface area is 181 Å². The fourth-order valence-corrected chi connectivity index (χ4v) is 3.52. The molecule has 2 aromatic rings. The van der Waals surface area contributed by atoms with Gasteiger partial charge in [-0.3, -0.25) is 4.79 Å². The maximum atomic E-state index is 13.1. The molecule has 0 aromatic heterocycles. The van der Waals surface area contributed by atoms with Gasteiger partial charge in [-0.15, -0.1) is 0 Å². The highest BCUT2D eigenvalue weighted by Gasteiger charge is 2.22. The van der Waals surface area contributed by atoms with E-state index in [-0.39, 0.29) is 5.91 Å². The summed E-state index contributed by atoms with van der Waals surface area (Å²) < 4.78 is 5.47. The normalized spacial score (nSPS) is 10.6. The third-order valence-electron chi connectivity index (χ3n) is 5.24. The van der Waals surface area contributed by atoms with Gasteiger partial charge in [-0.25, -0.2) is 4.79 Å². The van der Waals surface area contributed by atoms with E-state index in [0.29, 0.717) is 24.3 Å². The fraction of sp³-hybridized carbons (Fsp3) is 0.462. The van der Waals surface area contributed by atoms with Gasteiger partial charge < -0.3 is 9.64 Å². The summed E-state index contributed by atoms with van der Waals surface area (Å²) in [6, 6.07) is 16.4. The molecule has 0 fully saturated rings. The Morgan fingerprint density at radius 1 is 0.733 bits per heavy atom. The maximum Gasteiger partial charge on any atom is 0.338 e. The van der Waals surface area contributed by atoms with Gasteiger partial charge in [0.2, 0.25) is 0 Å². The molecule has 4 nitrogen and oxygen atoms in total. The number of amides is 1. The Kier molecular flexibility index (Phi) is 10.7. The summed E-state index contributed by atoms with van der Waals surface area (Å²) >= 11 is 0. The van der Waals surface area contributed by atoms with Crippen LogP contribution in [0.2, 0.25) is 0 Å². The zero-order valence-corrected chi connectivity index (χ0v) is 18.4. The Hall–Kier alpha value is -2.62. The number of nitrogens with zero attached hydrogens (tertiary/aromatic N) is 1. The number of carbonyl (C=O) groups is 2. The quantitative estimate of drug-likeness (QED) is 0.275. The zero-order chi connectivity index (χ0) is 21.6. The van der Waals surface area contributed by atoms with Crippen molar-refractivity contribution in [2.45, 2.75) is 65.2 Å². The van der Waals surface area contributed by atoms with E-state index < -0.39 is 5.97 Å². The average molecular weight is 410 g/mol. The molecule has 2 aromatic carbocycles. The van der Waals surface area contributed by atoms with E-state index in [0.717, 1.165) is 18.5 Å². The van der Waals surface area contributed by atoms with E-state index in [4.69, 9.17) is 4.74 Å². The van der Waals surface area contributed by atoms with E-state index >= 15 is 0 Å². The molecule has 0 aliphatic carbocycles. The molecule has 4 heteroatoms. The number of hydrogen-bond acceptors (Lipinski definition) is 3. The summed E-state index contributed by atoms with van der Waals surface area (Å²) in [5.41, 5.74) is 1.52. The summed E-state index contributed by atoms with van der Waals surface area (Å²) in [7, 11) is 0. The van der Waals surface area contributed by atoms with E-state index in [1.165, 1.54) is 38.5 Å². The Bertz CT molecular complexity index is 773. The van der Waals surface area contributed by atoms with Gasteiger partial charge in [0.1, 0.15) is 0 Å². The van der Waals surface area contributed by atoms with Crippen LogP contribution in [0.15, 0.2) is 54.6 Å². The van der Waals surface area contributed by atoms with Gasteiger partial charge >= 0.3 is 5.97 Å². The van der Waals surface area contributed by atoms with Gasteiger partial charge in [0.25, 0.3) is 5.91 Å². The predicted molar refractivity (Wildman–Crippen MR) is 123 cm³/mol. The predicted octanol–water partition coefficient (Wildman–Crippen LogP) is 6.65. The largest absolute Gasteiger partial charge is 0.462 e. The van der Waals surface area contributed by atoms with Crippen molar-refractivity contribution < 1.29 is 14.3 Å². The van der Waals surface area contributed by atoms with Crippen LogP contribution in [0.3, 0.4) is 0 Å². The molecule has 0 bridgehead atoms. The lowest BCUT2D eigenvalue weighted by Crippen LogP contribution is -2.32. The minimum atomic E-state index is -0.425. The van der Waals surface area contributed by atoms with Gasteiger partial charge in [0.05, 0.1) is 17.7 Å². The molecule has 30 heavy (non-hydrogen) atoms. The number of anilines is 1. The van der Waals surface area contributed by atoms with Crippen LogP contribution >= 0.6 is 0 Å². The lowest BCUT2D eigenvalue weighted by Gasteiger charge is -2.22. The summed E-state index contributed by atoms with van der Waals surface area (Å²) in [5, 5.41) is 0. The van der Waals surface area contributed by atoms with Crippen LogP contribution in [0.4, 0.5) is 5.69 Å². The topological polar surface area (TPSA) is 46.6 Å². The van der Waals surface area contributed by atoms with Crippen LogP contribution in [0, 0.1) is 0 Å². The molecule has 0 unspecified atom stereocenters. The molecular formula is C26H35NO3. The first-order valence-electron chi connectivity index (χ1n) is 11.3. The molecule has 0 saturated carbocycles. The maximum absolute atomic E-state index is 13.1. The molecular weight excluding hydrogens is 374 g/mol. The minimum absolute atomic E-state index is 0.191. The van der Waals surface area contributed by atoms with Gasteiger partial charge in [-0.05, 0) is 37.6 Å². The number of hydrogen-bond donors (Lipinski definition) is 0. The number of carbonyl (C=O) groups excluding carboxylic acids is 2. The first-order chi connectivity index (χ1) is 14.7. The van der Waals surface area contributed by atoms with Crippen molar-refractivity contribution in [1.82, 2.24) is 0 Å². The van der Waals surface area contributed by atoms with E-state index in [2.05, 4.69) is 6.92 Å². The lowest BCUT2D eigenvalue weighted by molar-refractivity contribution is 0.0494. The summed E-state index contributed by atoms with van der Waals surface area (Å²) in [6.45, 7) is 5.06. The summed E-state index contributed by atoms with van der Waals surface area (Å²) in [4.78, 5) is 27.4. The second-order valence-electron chi connectivity index (χ2n) is 7.54. The van der Waals surface area contributed by atoms with Crippen LogP contribution in [-0.4, -0.2) is 25.0 Å². The van der Waals surface area contributed by atoms with Crippen LogP contribution in [-0.2, 0) is 4.74 Å². The van der Waals surface area contributed by atoms with Crippen molar-refractivity contribution in [1.29, 1.82) is 0 Å². The molecule has 0 spiro atoms. The van der Waals surface area contributed by atoms with Crippen molar-refractivity contribution in [3.8, 4) is 0 Å². The Balaban J connectivity index is 1.89. The molecule has 0 saturated heterocycles. The molecule has 1 amide bonds. The van der Waals surface area contributed by atoms with E-state index in [9.17, 15) is 9.59 Å². The first kappa shape index (κ1) is 23.7. The van der Waals surface area contributed by atoms with Gasteiger partial charge in [0.15, 0.2) is 0 Å². The second-order valence-corrected chi connectivity index (χ2v) is 7.54.